The van der Waals surface area contributed by atoms with E-state index >= 15 is 0 Å². The number of carbonyl (C=O) groups is 1. The molecule has 0 amide bonds. The standard InChI is InChI=1S/C18H21NO5S/c1-12-16(11-25(22,23)15-5-3-2-4-6-15)19-17(24-12)13-7-9-14(10-8-13)18(20)21/h7-10,15H,2-6,11H2,1H3,(H,20,21). The number of aryl methyl sites for hydroxylation is 1. The molecule has 1 fully saturated rings. The van der Waals surface area contributed by atoms with E-state index in [4.69, 9.17) is 9.52 Å². The largest absolute Gasteiger partial charge is 0.478 e. The molecule has 1 N–H and O–H groups in total. The van der Waals surface area contributed by atoms with Crippen molar-refractivity contribution >= 4 is 15.8 Å². The van der Waals surface area contributed by atoms with Crippen molar-refractivity contribution in [2.24, 2.45) is 0 Å². The van der Waals surface area contributed by atoms with E-state index in [-0.39, 0.29) is 16.6 Å². The minimum Gasteiger partial charge on any atom is -0.478 e. The minimum absolute atomic E-state index is 0.111. The first kappa shape index (κ1) is 17.7. The molecule has 0 saturated heterocycles. The van der Waals surface area contributed by atoms with Gasteiger partial charge < -0.3 is 9.52 Å². The Morgan fingerprint density at radius 1 is 1.20 bits per heavy atom. The summed E-state index contributed by atoms with van der Waals surface area (Å²) in [4.78, 5) is 15.2. The predicted octanol–water partition coefficient (Wildman–Crippen LogP) is 3.60. The average Bonchev–Trinajstić information content (AvgIpc) is 2.96. The summed E-state index contributed by atoms with van der Waals surface area (Å²) in [7, 11) is -3.25. The molecule has 0 aliphatic heterocycles. The van der Waals surface area contributed by atoms with Gasteiger partial charge in [0.15, 0.2) is 9.84 Å². The van der Waals surface area contributed by atoms with Gasteiger partial charge in [-0.15, -0.1) is 0 Å². The molecule has 1 aliphatic rings. The van der Waals surface area contributed by atoms with Gasteiger partial charge in [-0.2, -0.15) is 0 Å². The fourth-order valence-electron chi connectivity index (χ4n) is 3.17. The Balaban J connectivity index is 1.81. The van der Waals surface area contributed by atoms with Crippen molar-refractivity contribution in [3.05, 3.63) is 41.3 Å². The molecule has 1 heterocycles. The second kappa shape index (κ2) is 7.00. The molecule has 1 aromatic heterocycles. The SMILES string of the molecule is Cc1oc(-c2ccc(C(=O)O)cc2)nc1CS(=O)(=O)C1CCCCC1. The summed E-state index contributed by atoms with van der Waals surface area (Å²) < 4.78 is 30.9. The van der Waals surface area contributed by atoms with Crippen LogP contribution >= 0.6 is 0 Å². The van der Waals surface area contributed by atoms with Crippen LogP contribution in [0.4, 0.5) is 0 Å². The van der Waals surface area contributed by atoms with Crippen molar-refractivity contribution in [3.8, 4) is 11.5 Å². The number of carboxylic acids is 1. The third kappa shape index (κ3) is 3.92. The zero-order valence-corrected chi connectivity index (χ0v) is 14.9. The number of oxazole rings is 1. The molecule has 3 rings (SSSR count). The first-order valence-corrected chi connectivity index (χ1v) is 10.1. The number of rotatable bonds is 5. The van der Waals surface area contributed by atoms with E-state index in [1.807, 2.05) is 0 Å². The number of hydrogen-bond donors (Lipinski definition) is 1. The van der Waals surface area contributed by atoms with Crippen molar-refractivity contribution in [1.29, 1.82) is 0 Å². The minimum atomic E-state index is -3.25. The average molecular weight is 363 g/mol. The molecule has 1 aromatic carbocycles. The fraction of sp³-hybridized carbons (Fsp3) is 0.444. The summed E-state index contributed by atoms with van der Waals surface area (Å²) in [5.74, 6) is -0.324. The zero-order chi connectivity index (χ0) is 18.0. The lowest BCUT2D eigenvalue weighted by atomic mass is 10.0. The third-order valence-electron chi connectivity index (χ3n) is 4.67. The first-order valence-electron chi connectivity index (χ1n) is 8.38. The number of aromatic carboxylic acids is 1. The molecule has 0 radical (unpaired) electrons. The third-order valence-corrected chi connectivity index (χ3v) is 6.83. The molecule has 1 aliphatic carbocycles. The summed E-state index contributed by atoms with van der Waals surface area (Å²) >= 11 is 0. The summed E-state index contributed by atoms with van der Waals surface area (Å²) in [6.07, 6.45) is 4.47. The topological polar surface area (TPSA) is 97.5 Å². The van der Waals surface area contributed by atoms with Gasteiger partial charge in [0.2, 0.25) is 5.89 Å². The molecule has 0 unspecified atom stereocenters. The maximum atomic E-state index is 12.6. The highest BCUT2D eigenvalue weighted by atomic mass is 32.2. The Morgan fingerprint density at radius 3 is 2.44 bits per heavy atom. The van der Waals surface area contributed by atoms with Crippen LogP contribution in [-0.2, 0) is 15.6 Å². The van der Waals surface area contributed by atoms with Crippen LogP contribution in [0, 0.1) is 6.92 Å². The van der Waals surface area contributed by atoms with E-state index in [0.29, 0.717) is 22.9 Å². The quantitative estimate of drug-likeness (QED) is 0.872. The Kier molecular flexibility index (Phi) is 4.94. The van der Waals surface area contributed by atoms with E-state index < -0.39 is 15.8 Å². The molecular formula is C18H21NO5S. The second-order valence-corrected chi connectivity index (χ2v) is 8.75. The first-order chi connectivity index (χ1) is 11.9. The van der Waals surface area contributed by atoms with Crippen LogP contribution < -0.4 is 0 Å². The smallest absolute Gasteiger partial charge is 0.335 e. The van der Waals surface area contributed by atoms with Crippen LogP contribution in [-0.4, -0.2) is 29.7 Å². The normalized spacial score (nSPS) is 16.0. The van der Waals surface area contributed by atoms with Gasteiger partial charge in [0.1, 0.15) is 5.76 Å². The Morgan fingerprint density at radius 2 is 1.84 bits per heavy atom. The number of hydrogen-bond acceptors (Lipinski definition) is 5. The Hall–Kier alpha value is -2.15. The molecule has 6 nitrogen and oxygen atoms in total. The number of sulfone groups is 1. The Bertz CT molecular complexity index is 861. The van der Waals surface area contributed by atoms with Gasteiger partial charge in [0.05, 0.1) is 22.3 Å². The van der Waals surface area contributed by atoms with E-state index in [9.17, 15) is 13.2 Å². The fourth-order valence-corrected chi connectivity index (χ4v) is 5.11. The van der Waals surface area contributed by atoms with Gasteiger partial charge in [-0.1, -0.05) is 19.3 Å². The molecule has 1 saturated carbocycles. The monoisotopic (exact) mass is 363 g/mol. The Labute approximate surface area is 146 Å². The number of aromatic nitrogens is 1. The van der Waals surface area contributed by atoms with Crippen molar-refractivity contribution < 1.29 is 22.7 Å². The highest BCUT2D eigenvalue weighted by Crippen LogP contribution is 2.28. The lowest BCUT2D eigenvalue weighted by molar-refractivity contribution is 0.0697. The summed E-state index contributed by atoms with van der Waals surface area (Å²) in [5.41, 5.74) is 1.23. The molecule has 134 valence electrons. The van der Waals surface area contributed by atoms with E-state index in [2.05, 4.69) is 4.98 Å². The molecule has 2 aromatic rings. The number of carboxylic acid groups (broad SMARTS) is 1. The van der Waals surface area contributed by atoms with Gasteiger partial charge in [-0.3, -0.25) is 0 Å². The summed E-state index contributed by atoms with van der Waals surface area (Å²) in [6.45, 7) is 1.70. The maximum Gasteiger partial charge on any atom is 0.335 e. The number of nitrogens with zero attached hydrogens (tertiary/aromatic N) is 1. The molecular weight excluding hydrogens is 342 g/mol. The van der Waals surface area contributed by atoms with Crippen molar-refractivity contribution in [1.82, 2.24) is 4.98 Å². The van der Waals surface area contributed by atoms with Crippen molar-refractivity contribution in [3.63, 3.8) is 0 Å². The second-order valence-electron chi connectivity index (χ2n) is 6.47. The maximum absolute atomic E-state index is 12.6. The van der Waals surface area contributed by atoms with Crippen LogP contribution in [0.3, 0.4) is 0 Å². The molecule has 0 spiro atoms. The van der Waals surface area contributed by atoms with Crippen LogP contribution in [0.15, 0.2) is 28.7 Å². The van der Waals surface area contributed by atoms with Crippen molar-refractivity contribution in [2.45, 2.75) is 50.0 Å². The van der Waals surface area contributed by atoms with Gasteiger partial charge in [0.25, 0.3) is 0 Å². The molecule has 25 heavy (non-hydrogen) atoms. The van der Waals surface area contributed by atoms with Crippen LogP contribution in [0.1, 0.15) is 53.9 Å². The molecule has 7 heteroatoms. The van der Waals surface area contributed by atoms with E-state index in [1.54, 1.807) is 19.1 Å². The van der Waals surface area contributed by atoms with Gasteiger partial charge in [0, 0.05) is 5.56 Å². The molecule has 0 atom stereocenters. The van der Waals surface area contributed by atoms with Crippen LogP contribution in [0.5, 0.6) is 0 Å². The van der Waals surface area contributed by atoms with E-state index in [0.717, 1.165) is 32.1 Å². The summed E-state index contributed by atoms with van der Waals surface area (Å²) in [6, 6.07) is 6.15. The predicted molar refractivity (Wildman–Crippen MR) is 93.1 cm³/mol. The van der Waals surface area contributed by atoms with Crippen LogP contribution in [0.2, 0.25) is 0 Å². The highest BCUT2D eigenvalue weighted by molar-refractivity contribution is 7.91. The van der Waals surface area contributed by atoms with Crippen LogP contribution in [0.25, 0.3) is 11.5 Å². The van der Waals surface area contributed by atoms with Gasteiger partial charge in [-0.25, -0.2) is 18.2 Å². The van der Waals surface area contributed by atoms with Gasteiger partial charge >= 0.3 is 5.97 Å². The summed E-state index contributed by atoms with van der Waals surface area (Å²) in [5, 5.41) is 8.66. The zero-order valence-electron chi connectivity index (χ0n) is 14.1. The number of benzene rings is 1. The molecule has 0 bridgehead atoms. The lowest BCUT2D eigenvalue weighted by Gasteiger charge is -2.21. The highest BCUT2D eigenvalue weighted by Gasteiger charge is 2.29. The van der Waals surface area contributed by atoms with E-state index in [1.165, 1.54) is 12.1 Å². The van der Waals surface area contributed by atoms with Crippen molar-refractivity contribution in [2.75, 3.05) is 0 Å². The van der Waals surface area contributed by atoms with Gasteiger partial charge in [-0.05, 0) is 44.0 Å². The lowest BCUT2D eigenvalue weighted by Crippen LogP contribution is -2.25.